The third-order valence-corrected chi connectivity index (χ3v) is 2.89. The molecule has 0 aliphatic rings. The quantitative estimate of drug-likeness (QED) is 0.822. The van der Waals surface area contributed by atoms with Crippen LogP contribution in [0.4, 0.5) is 5.69 Å². The highest BCUT2D eigenvalue weighted by Crippen LogP contribution is 2.15. The lowest BCUT2D eigenvalue weighted by Crippen LogP contribution is -2.21. The molecule has 1 rings (SSSR count). The van der Waals surface area contributed by atoms with Crippen LogP contribution in [0, 0.1) is 19.8 Å². The fourth-order valence-corrected chi connectivity index (χ4v) is 1.92. The molecular weight excluding hydrogens is 212 g/mol. The summed E-state index contributed by atoms with van der Waals surface area (Å²) in [5, 5.41) is 2.93. The van der Waals surface area contributed by atoms with Crippen molar-refractivity contribution in [2.24, 2.45) is 11.7 Å². The topological polar surface area (TPSA) is 55.1 Å². The van der Waals surface area contributed by atoms with E-state index in [0.717, 1.165) is 23.2 Å². The van der Waals surface area contributed by atoms with Gasteiger partial charge in [-0.3, -0.25) is 4.79 Å². The van der Waals surface area contributed by atoms with Crippen LogP contribution in [0.5, 0.6) is 0 Å². The van der Waals surface area contributed by atoms with Crippen LogP contribution in [0.1, 0.15) is 30.9 Å². The molecule has 0 aliphatic carbocycles. The van der Waals surface area contributed by atoms with Gasteiger partial charge in [-0.2, -0.15) is 0 Å². The van der Waals surface area contributed by atoms with Gasteiger partial charge in [-0.05, 0) is 49.6 Å². The predicted octanol–water partition coefficient (Wildman–Crippen LogP) is 2.62. The highest BCUT2D eigenvalue weighted by molar-refractivity contribution is 5.91. The lowest BCUT2D eigenvalue weighted by molar-refractivity contribution is -0.117. The third kappa shape index (κ3) is 4.57. The molecule has 0 fully saturated rings. The van der Waals surface area contributed by atoms with Crippen molar-refractivity contribution in [2.45, 2.75) is 33.6 Å². The van der Waals surface area contributed by atoms with Gasteiger partial charge in [-0.15, -0.1) is 0 Å². The highest BCUT2D eigenvalue weighted by Gasteiger charge is 2.10. The summed E-state index contributed by atoms with van der Waals surface area (Å²) in [4.78, 5) is 11.8. The van der Waals surface area contributed by atoms with Crippen LogP contribution in [0.25, 0.3) is 0 Å². The van der Waals surface area contributed by atoms with Crippen LogP contribution in [-0.4, -0.2) is 12.5 Å². The van der Waals surface area contributed by atoms with E-state index in [-0.39, 0.29) is 11.8 Å². The number of carbonyl (C=O) groups is 1. The van der Waals surface area contributed by atoms with E-state index in [4.69, 9.17) is 5.73 Å². The maximum absolute atomic E-state index is 11.8. The zero-order valence-electron chi connectivity index (χ0n) is 10.9. The molecule has 0 radical (unpaired) electrons. The molecule has 0 heterocycles. The maximum Gasteiger partial charge on any atom is 0.224 e. The van der Waals surface area contributed by atoms with Gasteiger partial charge in [-0.25, -0.2) is 0 Å². The van der Waals surface area contributed by atoms with Gasteiger partial charge in [0.2, 0.25) is 5.91 Å². The van der Waals surface area contributed by atoms with E-state index >= 15 is 0 Å². The number of aryl methyl sites for hydroxylation is 2. The fourth-order valence-electron chi connectivity index (χ4n) is 1.92. The second-order valence-corrected chi connectivity index (χ2v) is 4.64. The minimum Gasteiger partial charge on any atom is -0.330 e. The van der Waals surface area contributed by atoms with E-state index in [1.54, 1.807) is 0 Å². The van der Waals surface area contributed by atoms with Crippen molar-refractivity contribution in [1.29, 1.82) is 0 Å². The third-order valence-electron chi connectivity index (χ3n) is 2.89. The van der Waals surface area contributed by atoms with Gasteiger partial charge in [0.05, 0.1) is 0 Å². The molecule has 3 nitrogen and oxygen atoms in total. The van der Waals surface area contributed by atoms with Crippen molar-refractivity contribution in [3.63, 3.8) is 0 Å². The highest BCUT2D eigenvalue weighted by atomic mass is 16.1. The number of carbonyl (C=O) groups excluding carboxylic acids is 1. The van der Waals surface area contributed by atoms with E-state index in [1.807, 2.05) is 26.0 Å². The molecule has 1 atom stereocenters. The van der Waals surface area contributed by atoms with Gasteiger partial charge in [0.25, 0.3) is 0 Å². The minimum absolute atomic E-state index is 0.0484. The van der Waals surface area contributed by atoms with Crippen LogP contribution < -0.4 is 11.1 Å². The number of nitrogens with two attached hydrogens (primary N) is 1. The molecule has 0 aromatic heterocycles. The Morgan fingerprint density at radius 1 is 1.29 bits per heavy atom. The average molecular weight is 234 g/mol. The largest absolute Gasteiger partial charge is 0.330 e. The van der Waals surface area contributed by atoms with E-state index < -0.39 is 0 Å². The van der Waals surface area contributed by atoms with E-state index in [1.165, 1.54) is 0 Å². The van der Waals surface area contributed by atoms with Gasteiger partial charge in [0, 0.05) is 12.1 Å². The summed E-state index contributed by atoms with van der Waals surface area (Å²) in [5.74, 6) is 0.327. The second kappa shape index (κ2) is 6.40. The van der Waals surface area contributed by atoms with Crippen molar-refractivity contribution in [1.82, 2.24) is 0 Å². The van der Waals surface area contributed by atoms with E-state index in [9.17, 15) is 4.79 Å². The van der Waals surface area contributed by atoms with E-state index in [2.05, 4.69) is 18.3 Å². The zero-order valence-corrected chi connectivity index (χ0v) is 10.9. The molecule has 17 heavy (non-hydrogen) atoms. The summed E-state index contributed by atoms with van der Waals surface area (Å²) in [6.07, 6.45) is 1.44. The number of nitrogens with one attached hydrogen (secondary N) is 1. The summed E-state index contributed by atoms with van der Waals surface area (Å²) in [7, 11) is 0. The summed E-state index contributed by atoms with van der Waals surface area (Å²) in [6, 6.07) is 6.05. The Labute approximate surface area is 103 Å². The molecule has 0 bridgehead atoms. The van der Waals surface area contributed by atoms with Crippen molar-refractivity contribution in [3.8, 4) is 0 Å². The lowest BCUT2D eigenvalue weighted by Gasteiger charge is -2.12. The molecule has 94 valence electrons. The number of benzene rings is 1. The molecule has 0 aliphatic heterocycles. The van der Waals surface area contributed by atoms with Crippen molar-refractivity contribution < 1.29 is 4.79 Å². The first-order chi connectivity index (χ1) is 8.05. The Balaban J connectivity index is 2.61. The number of anilines is 1. The Morgan fingerprint density at radius 2 is 1.88 bits per heavy atom. The van der Waals surface area contributed by atoms with Crippen LogP contribution in [0.3, 0.4) is 0 Å². The zero-order chi connectivity index (χ0) is 12.8. The van der Waals surface area contributed by atoms with Crippen molar-refractivity contribution in [2.75, 3.05) is 11.9 Å². The molecule has 1 amide bonds. The molecular formula is C14H22N2O. The minimum atomic E-state index is 0.0484. The standard InChI is InChI=1S/C14H22N2O/c1-4-12(9-15)8-14(17)16-13-6-10(2)5-11(3)7-13/h5-7,12H,4,8-9,15H2,1-3H3,(H,16,17). The first kappa shape index (κ1) is 13.7. The van der Waals surface area contributed by atoms with Crippen LogP contribution in [0.2, 0.25) is 0 Å². The Kier molecular flexibility index (Phi) is 5.16. The number of rotatable bonds is 5. The SMILES string of the molecule is CCC(CN)CC(=O)Nc1cc(C)cc(C)c1. The summed E-state index contributed by atoms with van der Waals surface area (Å²) < 4.78 is 0. The fraction of sp³-hybridized carbons (Fsp3) is 0.500. The van der Waals surface area contributed by atoms with Gasteiger partial charge < -0.3 is 11.1 Å². The van der Waals surface area contributed by atoms with Gasteiger partial charge in [0.15, 0.2) is 0 Å². The normalized spacial score (nSPS) is 12.2. The Morgan fingerprint density at radius 3 is 2.35 bits per heavy atom. The lowest BCUT2D eigenvalue weighted by atomic mass is 10.0. The Bertz CT molecular complexity index is 364. The summed E-state index contributed by atoms with van der Waals surface area (Å²) >= 11 is 0. The molecule has 0 saturated carbocycles. The number of hydrogen-bond donors (Lipinski definition) is 2. The average Bonchev–Trinajstić information content (AvgIpc) is 2.24. The van der Waals surface area contributed by atoms with E-state index in [0.29, 0.717) is 13.0 Å². The maximum atomic E-state index is 11.8. The number of amides is 1. The van der Waals surface area contributed by atoms with Gasteiger partial charge >= 0.3 is 0 Å². The van der Waals surface area contributed by atoms with Crippen molar-refractivity contribution in [3.05, 3.63) is 29.3 Å². The predicted molar refractivity (Wildman–Crippen MR) is 72.0 cm³/mol. The molecule has 0 spiro atoms. The molecule has 1 unspecified atom stereocenters. The summed E-state index contributed by atoms with van der Waals surface area (Å²) in [5.41, 5.74) is 8.78. The van der Waals surface area contributed by atoms with Crippen molar-refractivity contribution >= 4 is 11.6 Å². The Hall–Kier alpha value is -1.35. The molecule has 3 N–H and O–H groups in total. The van der Waals surface area contributed by atoms with Gasteiger partial charge in [-0.1, -0.05) is 19.4 Å². The number of hydrogen-bond acceptors (Lipinski definition) is 2. The first-order valence-corrected chi connectivity index (χ1v) is 6.13. The summed E-state index contributed by atoms with van der Waals surface area (Å²) in [6.45, 7) is 6.67. The molecule has 1 aromatic carbocycles. The van der Waals surface area contributed by atoms with Crippen LogP contribution in [0.15, 0.2) is 18.2 Å². The van der Waals surface area contributed by atoms with Crippen LogP contribution >= 0.6 is 0 Å². The second-order valence-electron chi connectivity index (χ2n) is 4.64. The monoisotopic (exact) mass is 234 g/mol. The smallest absolute Gasteiger partial charge is 0.224 e. The molecule has 3 heteroatoms. The van der Waals surface area contributed by atoms with Gasteiger partial charge in [0.1, 0.15) is 0 Å². The molecule has 1 aromatic rings. The first-order valence-electron chi connectivity index (χ1n) is 6.13. The van der Waals surface area contributed by atoms with Crippen LogP contribution in [-0.2, 0) is 4.79 Å². The molecule has 0 saturated heterocycles.